The number of nitrogens with one attached hydrogen (secondary N) is 1. The minimum atomic E-state index is -0.307. The number of carbonyl (C=O) groups excluding carboxylic acids is 1. The van der Waals surface area contributed by atoms with Gasteiger partial charge in [-0.15, -0.1) is 0 Å². The Balaban J connectivity index is 1.54. The van der Waals surface area contributed by atoms with Crippen LogP contribution in [0.15, 0.2) is 90.4 Å². The Morgan fingerprint density at radius 2 is 1.90 bits per heavy atom. The van der Waals surface area contributed by atoms with Gasteiger partial charge in [0.05, 0.1) is 19.9 Å². The fourth-order valence-electron chi connectivity index (χ4n) is 3.08. The molecular weight excluding hydrogens is 390 g/mol. The number of pyridine rings is 1. The fraction of sp³-hybridized carbons (Fsp3) is 0.0833. The Kier molecular flexibility index (Phi) is 6.13. The van der Waals surface area contributed by atoms with Crippen molar-refractivity contribution < 1.29 is 9.53 Å². The van der Waals surface area contributed by atoms with Gasteiger partial charge in [-0.25, -0.2) is 5.43 Å². The lowest BCUT2D eigenvalue weighted by Gasteiger charge is -2.02. The third-order valence-corrected chi connectivity index (χ3v) is 4.63. The Morgan fingerprint density at radius 1 is 1.10 bits per heavy atom. The Hall–Kier alpha value is -4.26. The van der Waals surface area contributed by atoms with Gasteiger partial charge in [0.2, 0.25) is 0 Å². The summed E-state index contributed by atoms with van der Waals surface area (Å²) in [4.78, 5) is 16.5. The predicted molar refractivity (Wildman–Crippen MR) is 119 cm³/mol. The van der Waals surface area contributed by atoms with Crippen LogP contribution in [0.1, 0.15) is 21.5 Å². The van der Waals surface area contributed by atoms with Crippen LogP contribution in [0, 0.1) is 0 Å². The summed E-state index contributed by atoms with van der Waals surface area (Å²) >= 11 is 0. The number of hydrogen-bond acceptors (Lipinski definition) is 5. The van der Waals surface area contributed by atoms with Crippen LogP contribution in [0.25, 0.3) is 11.3 Å². The summed E-state index contributed by atoms with van der Waals surface area (Å²) in [6, 6.07) is 20.7. The summed E-state index contributed by atoms with van der Waals surface area (Å²) in [5.74, 6) is 0.380. The Morgan fingerprint density at radius 3 is 2.61 bits per heavy atom. The molecule has 0 aliphatic heterocycles. The summed E-state index contributed by atoms with van der Waals surface area (Å²) < 4.78 is 6.96. The van der Waals surface area contributed by atoms with E-state index < -0.39 is 0 Å². The normalized spacial score (nSPS) is 10.9. The van der Waals surface area contributed by atoms with Crippen LogP contribution in [0.5, 0.6) is 5.75 Å². The van der Waals surface area contributed by atoms with Crippen LogP contribution in [0.2, 0.25) is 0 Å². The van der Waals surface area contributed by atoms with Crippen molar-refractivity contribution in [3.63, 3.8) is 0 Å². The number of benzene rings is 2. The summed E-state index contributed by atoms with van der Waals surface area (Å²) in [6.45, 7) is 0.625. The van der Waals surface area contributed by atoms with Crippen molar-refractivity contribution >= 4 is 12.1 Å². The van der Waals surface area contributed by atoms with Gasteiger partial charge < -0.3 is 4.74 Å². The number of rotatable bonds is 7. The zero-order valence-electron chi connectivity index (χ0n) is 17.0. The number of aromatic nitrogens is 3. The lowest BCUT2D eigenvalue weighted by molar-refractivity contribution is 0.0955. The molecule has 4 rings (SSSR count). The highest BCUT2D eigenvalue weighted by molar-refractivity contribution is 5.95. The summed E-state index contributed by atoms with van der Waals surface area (Å²) in [5, 5.41) is 8.85. The first kappa shape index (κ1) is 20.0. The molecule has 1 amide bonds. The first-order chi connectivity index (χ1) is 15.2. The molecular formula is C24H21N5O2. The van der Waals surface area contributed by atoms with Gasteiger partial charge in [-0.3, -0.25) is 14.5 Å². The van der Waals surface area contributed by atoms with Gasteiger partial charge in [0, 0.05) is 35.3 Å². The zero-order chi connectivity index (χ0) is 21.5. The summed E-state index contributed by atoms with van der Waals surface area (Å²) in [5.41, 5.74) is 6.58. The molecule has 0 radical (unpaired) electrons. The molecule has 0 aliphatic rings. The van der Waals surface area contributed by atoms with Crippen molar-refractivity contribution in [3.05, 3.63) is 102 Å². The van der Waals surface area contributed by atoms with E-state index in [2.05, 4.69) is 15.5 Å². The number of methoxy groups -OCH3 is 1. The largest absolute Gasteiger partial charge is 0.497 e. The lowest BCUT2D eigenvalue weighted by Crippen LogP contribution is -2.17. The van der Waals surface area contributed by atoms with E-state index in [-0.39, 0.29) is 5.91 Å². The van der Waals surface area contributed by atoms with Crippen molar-refractivity contribution in [2.75, 3.05) is 7.11 Å². The summed E-state index contributed by atoms with van der Waals surface area (Å²) in [6.07, 6.45) is 6.96. The van der Waals surface area contributed by atoms with E-state index in [1.807, 2.05) is 53.3 Å². The third-order valence-electron chi connectivity index (χ3n) is 4.63. The van der Waals surface area contributed by atoms with Crippen LogP contribution >= 0.6 is 0 Å². The van der Waals surface area contributed by atoms with E-state index in [9.17, 15) is 4.79 Å². The lowest BCUT2D eigenvalue weighted by atomic mass is 10.1. The SMILES string of the molecule is COc1ccc(C(=O)N/N=C\c2cn(Cc3ccccc3)nc2-c2cccnc2)cc1. The van der Waals surface area contributed by atoms with E-state index in [1.165, 1.54) is 0 Å². The van der Waals surface area contributed by atoms with Gasteiger partial charge in [-0.1, -0.05) is 30.3 Å². The van der Waals surface area contributed by atoms with E-state index in [0.717, 1.165) is 22.4 Å². The number of amides is 1. The fourth-order valence-corrected chi connectivity index (χ4v) is 3.08. The van der Waals surface area contributed by atoms with Crippen LogP contribution in [0.3, 0.4) is 0 Å². The molecule has 0 aliphatic carbocycles. The molecule has 0 fully saturated rings. The second-order valence-corrected chi connectivity index (χ2v) is 6.79. The average molecular weight is 411 g/mol. The van der Waals surface area contributed by atoms with Gasteiger partial charge in [-0.2, -0.15) is 10.2 Å². The number of ether oxygens (including phenoxy) is 1. The smallest absolute Gasteiger partial charge is 0.271 e. The molecule has 2 aromatic carbocycles. The predicted octanol–water partition coefficient (Wildman–Crippen LogP) is 3.77. The molecule has 0 saturated carbocycles. The number of hydrogen-bond donors (Lipinski definition) is 1. The van der Waals surface area contributed by atoms with Crippen LogP contribution in [-0.4, -0.2) is 34.0 Å². The molecule has 0 unspecified atom stereocenters. The molecule has 4 aromatic rings. The first-order valence-corrected chi connectivity index (χ1v) is 9.72. The number of hydrazone groups is 1. The molecule has 2 heterocycles. The van der Waals surface area contributed by atoms with Crippen LogP contribution in [0.4, 0.5) is 0 Å². The van der Waals surface area contributed by atoms with Crippen molar-refractivity contribution in [1.29, 1.82) is 0 Å². The summed E-state index contributed by atoms with van der Waals surface area (Å²) in [7, 11) is 1.58. The molecule has 0 bridgehead atoms. The molecule has 1 N–H and O–H groups in total. The average Bonchev–Trinajstić information content (AvgIpc) is 3.22. The maximum atomic E-state index is 12.3. The van der Waals surface area contributed by atoms with Gasteiger partial charge in [0.25, 0.3) is 5.91 Å². The van der Waals surface area contributed by atoms with E-state index in [1.54, 1.807) is 50.0 Å². The van der Waals surface area contributed by atoms with E-state index >= 15 is 0 Å². The highest BCUT2D eigenvalue weighted by Crippen LogP contribution is 2.20. The highest BCUT2D eigenvalue weighted by Gasteiger charge is 2.11. The topological polar surface area (TPSA) is 81.4 Å². The molecule has 0 spiro atoms. The van der Waals surface area contributed by atoms with E-state index in [0.29, 0.717) is 17.9 Å². The van der Waals surface area contributed by atoms with E-state index in [4.69, 9.17) is 9.84 Å². The van der Waals surface area contributed by atoms with Gasteiger partial charge in [0.15, 0.2) is 0 Å². The number of carbonyl (C=O) groups is 1. The maximum absolute atomic E-state index is 12.3. The molecule has 0 saturated heterocycles. The van der Waals surface area contributed by atoms with Crippen molar-refractivity contribution in [3.8, 4) is 17.0 Å². The van der Waals surface area contributed by atoms with Crippen LogP contribution in [-0.2, 0) is 6.54 Å². The molecule has 7 heteroatoms. The number of nitrogens with zero attached hydrogens (tertiary/aromatic N) is 4. The standard InChI is InChI=1S/C24H21N5O2/c1-31-22-11-9-19(10-12-22)24(30)27-26-15-21-17-29(16-18-6-3-2-4-7-18)28-23(21)20-8-5-13-25-14-20/h2-15,17H,16H2,1H3,(H,27,30)/b26-15-. The monoisotopic (exact) mass is 411 g/mol. The molecule has 0 atom stereocenters. The highest BCUT2D eigenvalue weighted by atomic mass is 16.5. The Labute approximate surface area is 180 Å². The maximum Gasteiger partial charge on any atom is 0.271 e. The zero-order valence-corrected chi connectivity index (χ0v) is 17.0. The van der Waals surface area contributed by atoms with Gasteiger partial charge in [-0.05, 0) is 42.0 Å². The van der Waals surface area contributed by atoms with Gasteiger partial charge >= 0.3 is 0 Å². The first-order valence-electron chi connectivity index (χ1n) is 9.72. The molecule has 7 nitrogen and oxygen atoms in total. The Bertz CT molecular complexity index is 1170. The third kappa shape index (κ3) is 5.02. The second kappa shape index (κ2) is 9.49. The molecule has 2 aromatic heterocycles. The van der Waals surface area contributed by atoms with Crippen molar-refractivity contribution in [2.24, 2.45) is 5.10 Å². The second-order valence-electron chi connectivity index (χ2n) is 6.79. The van der Waals surface area contributed by atoms with Crippen molar-refractivity contribution in [1.82, 2.24) is 20.2 Å². The van der Waals surface area contributed by atoms with Gasteiger partial charge in [0.1, 0.15) is 11.4 Å². The van der Waals surface area contributed by atoms with Crippen molar-refractivity contribution in [2.45, 2.75) is 6.54 Å². The van der Waals surface area contributed by atoms with Crippen LogP contribution < -0.4 is 10.2 Å². The minimum Gasteiger partial charge on any atom is -0.497 e. The molecule has 31 heavy (non-hydrogen) atoms. The minimum absolute atomic E-state index is 0.307. The quantitative estimate of drug-likeness (QED) is 0.371. The molecule has 154 valence electrons.